The summed E-state index contributed by atoms with van der Waals surface area (Å²) in [7, 11) is 1.79. The van der Waals surface area contributed by atoms with E-state index in [2.05, 4.69) is 0 Å². The van der Waals surface area contributed by atoms with E-state index in [1.807, 2.05) is 71.1 Å². The fraction of sp³-hybridized carbons (Fsp3) is 0.0714. The van der Waals surface area contributed by atoms with Crippen molar-refractivity contribution in [3.8, 4) is 0 Å². The summed E-state index contributed by atoms with van der Waals surface area (Å²) < 4.78 is 1.19. The molecule has 0 spiro atoms. The van der Waals surface area contributed by atoms with Crippen molar-refractivity contribution in [1.82, 2.24) is 0 Å². The minimum absolute atomic E-state index is 0. The molecule has 6 N–H and O–H groups in total. The van der Waals surface area contributed by atoms with Crippen LogP contribution < -0.4 is 9.30 Å². The zero-order valence-electron chi connectivity index (χ0n) is 11.1. The Hall–Kier alpha value is -1.67. The Bertz CT molecular complexity index is 516. The van der Waals surface area contributed by atoms with Crippen LogP contribution in [-0.2, 0) is 0 Å². The van der Waals surface area contributed by atoms with Gasteiger partial charge in [-0.3, -0.25) is 0 Å². The number of nitrogens with zero attached hydrogens (tertiary/aromatic N) is 1. The first kappa shape index (κ1) is 20.6. The fourth-order valence-corrected chi connectivity index (χ4v) is 1.93. The van der Waals surface area contributed by atoms with Crippen molar-refractivity contribution in [1.29, 1.82) is 0 Å². The zero-order valence-corrected chi connectivity index (χ0v) is 13.1. The number of carbonyl (C=O) groups excluding carboxylic acids is 1. The van der Waals surface area contributed by atoms with Crippen molar-refractivity contribution in [3.05, 3.63) is 60.2 Å². The first-order valence-electron chi connectivity index (χ1n) is 5.33. The van der Waals surface area contributed by atoms with Gasteiger partial charge >= 0.3 is 109 Å². The fourth-order valence-electron chi connectivity index (χ4n) is 1.58. The molecule has 0 bridgehead atoms. The van der Waals surface area contributed by atoms with E-state index in [0.717, 1.165) is 5.69 Å². The van der Waals surface area contributed by atoms with Gasteiger partial charge in [0.05, 0.1) is 0 Å². The van der Waals surface area contributed by atoms with Crippen LogP contribution in [0.15, 0.2) is 54.6 Å². The number of anilines is 1. The molecular formula is C14H18GeNO4. The largest absolute Gasteiger partial charge is 0.412 e. The van der Waals surface area contributed by atoms with E-state index < -0.39 is 0 Å². The monoisotopic (exact) mass is 338 g/mol. The summed E-state index contributed by atoms with van der Waals surface area (Å²) in [5, 5.41) is 0. The molecule has 3 radical (unpaired) electrons. The molecule has 0 aromatic heterocycles. The summed E-state index contributed by atoms with van der Waals surface area (Å²) in [4.78, 5) is 13.8. The predicted octanol–water partition coefficient (Wildman–Crippen LogP) is -0.717. The van der Waals surface area contributed by atoms with E-state index in [4.69, 9.17) is 0 Å². The van der Waals surface area contributed by atoms with Crippen molar-refractivity contribution in [2.75, 3.05) is 11.9 Å². The first-order chi connectivity index (χ1) is 8.18. The number of benzene rings is 2. The van der Waals surface area contributed by atoms with Gasteiger partial charge in [0.25, 0.3) is 0 Å². The third kappa shape index (κ3) is 4.78. The van der Waals surface area contributed by atoms with Crippen molar-refractivity contribution in [2.24, 2.45) is 0 Å². The summed E-state index contributed by atoms with van der Waals surface area (Å²) in [6.45, 7) is 0. The first-order valence-corrected chi connectivity index (χ1v) is 6.38. The molecule has 6 heteroatoms. The maximum Gasteiger partial charge on any atom is -0.412 e. The molecule has 1 amide bonds. The molecule has 0 aliphatic rings. The van der Waals surface area contributed by atoms with Crippen LogP contribution in [0.5, 0.6) is 0 Å². The molecule has 2 rings (SSSR count). The second kappa shape index (κ2) is 9.27. The number of rotatable bonds is 2. The Morgan fingerprint density at radius 2 is 1.40 bits per heavy atom. The molecule has 0 heterocycles. The molecule has 0 saturated heterocycles. The zero-order chi connectivity index (χ0) is 12.3. The van der Waals surface area contributed by atoms with Crippen LogP contribution in [0.2, 0.25) is 0 Å². The van der Waals surface area contributed by atoms with Gasteiger partial charge in [-0.1, -0.05) is 0 Å². The van der Waals surface area contributed by atoms with Gasteiger partial charge < -0.3 is 16.4 Å². The number of carbonyl (C=O) groups is 1. The van der Waals surface area contributed by atoms with Gasteiger partial charge in [0.15, 0.2) is 0 Å². The van der Waals surface area contributed by atoms with Gasteiger partial charge in [0.1, 0.15) is 0 Å². The second-order valence-electron chi connectivity index (χ2n) is 3.78. The summed E-state index contributed by atoms with van der Waals surface area (Å²) in [5.74, 6) is 0.00875. The average molecular weight is 337 g/mol. The van der Waals surface area contributed by atoms with Gasteiger partial charge in [-0.2, -0.15) is 0 Å². The van der Waals surface area contributed by atoms with Crippen LogP contribution >= 0.6 is 0 Å². The van der Waals surface area contributed by atoms with Crippen LogP contribution in [0.1, 0.15) is 10.4 Å². The molecule has 2 aromatic rings. The molecule has 0 atom stereocenters. The molecule has 5 nitrogen and oxygen atoms in total. The van der Waals surface area contributed by atoms with Crippen LogP contribution in [0, 0.1) is 0 Å². The van der Waals surface area contributed by atoms with E-state index in [9.17, 15) is 4.79 Å². The summed E-state index contributed by atoms with van der Waals surface area (Å²) >= 11 is 2.03. The Labute approximate surface area is 126 Å². The minimum Gasteiger partial charge on any atom is -0.412 e. The van der Waals surface area contributed by atoms with Gasteiger partial charge in [0, 0.05) is 0 Å². The molecular weight excluding hydrogens is 319 g/mol. The van der Waals surface area contributed by atoms with Gasteiger partial charge in [-0.05, 0) is 0 Å². The van der Waals surface area contributed by atoms with Crippen LogP contribution in [0.4, 0.5) is 5.69 Å². The molecule has 0 aliphatic heterocycles. The molecule has 0 aliphatic carbocycles. The summed E-state index contributed by atoms with van der Waals surface area (Å²) in [5.41, 5.74) is 1.61. The predicted molar refractivity (Wildman–Crippen MR) is 81.8 cm³/mol. The van der Waals surface area contributed by atoms with Crippen LogP contribution in [0.3, 0.4) is 0 Å². The second-order valence-corrected chi connectivity index (χ2v) is 4.99. The maximum absolute atomic E-state index is 12.2. The third-order valence-corrected chi connectivity index (χ3v) is 3.28. The molecule has 0 fully saturated rings. The Morgan fingerprint density at radius 1 is 0.900 bits per heavy atom. The standard InChI is InChI=1S/C14H12GeNO.3H2O/c1-16(13-9-7-12(15)8-10-13)14(17)11-5-3-2-4-6-11;;;/h2-10H,1H3;3*1H2. The number of amides is 1. The SMILES string of the molecule is CN(C(=O)c1ccccc1)c1cc[c]([Ge])cc1.O.O.O. The number of hydrogen-bond acceptors (Lipinski definition) is 1. The molecule has 2 aromatic carbocycles. The summed E-state index contributed by atoms with van der Waals surface area (Å²) in [6, 6.07) is 17.2. The van der Waals surface area contributed by atoms with Crippen LogP contribution in [0.25, 0.3) is 0 Å². The Kier molecular flexibility index (Phi) is 9.57. The van der Waals surface area contributed by atoms with Gasteiger partial charge in [-0.15, -0.1) is 0 Å². The van der Waals surface area contributed by atoms with E-state index >= 15 is 0 Å². The quantitative estimate of drug-likeness (QED) is 0.662. The van der Waals surface area contributed by atoms with Crippen molar-refractivity contribution in [3.63, 3.8) is 0 Å². The van der Waals surface area contributed by atoms with Gasteiger partial charge in [-0.25, -0.2) is 0 Å². The smallest absolute Gasteiger partial charge is 0.412 e. The molecule has 0 unspecified atom stereocenters. The van der Waals surface area contributed by atoms with Crippen molar-refractivity contribution in [2.45, 2.75) is 0 Å². The van der Waals surface area contributed by atoms with E-state index in [1.165, 1.54) is 4.40 Å². The Balaban J connectivity index is 0. The van der Waals surface area contributed by atoms with E-state index in [-0.39, 0.29) is 22.3 Å². The number of hydrogen-bond donors (Lipinski definition) is 0. The van der Waals surface area contributed by atoms with Crippen molar-refractivity contribution >= 4 is 32.5 Å². The normalized spacial score (nSPS) is 8.50. The topological polar surface area (TPSA) is 115 Å². The summed E-state index contributed by atoms with van der Waals surface area (Å²) in [6.07, 6.45) is 0. The Morgan fingerprint density at radius 3 is 1.90 bits per heavy atom. The minimum atomic E-state index is 0. The van der Waals surface area contributed by atoms with Crippen molar-refractivity contribution < 1.29 is 21.2 Å². The molecule has 20 heavy (non-hydrogen) atoms. The van der Waals surface area contributed by atoms with Gasteiger partial charge in [0.2, 0.25) is 0 Å². The molecule has 0 saturated carbocycles. The maximum atomic E-state index is 12.2. The van der Waals surface area contributed by atoms with Crippen LogP contribution in [-0.4, -0.2) is 45.9 Å². The average Bonchev–Trinajstić information content (AvgIpc) is 2.39. The molecule has 107 valence electrons. The third-order valence-electron chi connectivity index (χ3n) is 2.58. The van der Waals surface area contributed by atoms with E-state index in [0.29, 0.717) is 5.56 Å². The van der Waals surface area contributed by atoms with E-state index in [1.54, 1.807) is 11.9 Å².